The topological polar surface area (TPSA) is 0 Å². The molecule has 0 aromatic heterocycles. The third kappa shape index (κ3) is 3.56. The van der Waals surface area contributed by atoms with Crippen molar-refractivity contribution in [2.24, 2.45) is 0 Å². The second-order valence-electron chi connectivity index (χ2n) is 1.07. The maximum absolute atomic E-state index is 5.53. The number of halogens is 3. The molecule has 0 saturated carbocycles. The van der Waals surface area contributed by atoms with Crippen LogP contribution in [-0.2, 0) is 0 Å². The Kier molecular flexibility index (Phi) is 4.48. The maximum atomic E-state index is 5.53. The molecule has 0 atom stereocenters. The van der Waals surface area contributed by atoms with Crippen LogP contribution in [0.2, 0.25) is 0 Å². The second-order valence-corrected chi connectivity index (χ2v) is 3.16. The minimum Gasteiger partial charge on any atom is -0.0886 e. The van der Waals surface area contributed by atoms with E-state index in [1.807, 2.05) is 6.92 Å². The van der Waals surface area contributed by atoms with Gasteiger partial charge >= 0.3 is 0 Å². The summed E-state index contributed by atoms with van der Waals surface area (Å²) < 4.78 is 1.01. The average Bonchev–Trinajstić information content (AvgIpc) is 1.65. The molecule has 0 aromatic rings. The summed E-state index contributed by atoms with van der Waals surface area (Å²) in [4.78, 5) is 0. The molecule has 42 valence electrons. The van der Waals surface area contributed by atoms with Gasteiger partial charge < -0.3 is 0 Å². The van der Waals surface area contributed by atoms with E-state index in [0.717, 1.165) is 14.8 Å². The van der Waals surface area contributed by atoms with Crippen molar-refractivity contribution >= 4 is 43.5 Å². The lowest BCUT2D eigenvalue weighted by Gasteiger charge is -1.88. The van der Waals surface area contributed by atoms with Crippen molar-refractivity contribution in [2.75, 3.05) is 5.33 Å². The molecule has 0 aromatic carbocycles. The third-order valence-electron chi connectivity index (χ3n) is 0.491. The van der Waals surface area contributed by atoms with E-state index in [0.29, 0.717) is 0 Å². The lowest BCUT2D eigenvalue weighted by Crippen LogP contribution is -1.70. The fraction of sp³-hybridized carbons (Fsp3) is 0.500. The maximum Gasteiger partial charge on any atom is 0.0360 e. The molecule has 7 heavy (non-hydrogen) atoms. The van der Waals surface area contributed by atoms with Gasteiger partial charge in [0, 0.05) is 14.8 Å². The highest BCUT2D eigenvalue weighted by Gasteiger charge is 1.89. The van der Waals surface area contributed by atoms with Crippen LogP contribution in [0.3, 0.4) is 0 Å². The lowest BCUT2D eigenvalue weighted by molar-refractivity contribution is 1.58. The van der Waals surface area contributed by atoms with Crippen LogP contribution in [0.4, 0.5) is 0 Å². The van der Waals surface area contributed by atoms with Gasteiger partial charge in [-0.2, -0.15) is 0 Å². The SMILES string of the molecule is CC(Cl)=C(Br)CBr. The Labute approximate surface area is 65.2 Å². The summed E-state index contributed by atoms with van der Waals surface area (Å²) in [7, 11) is 0. The zero-order valence-corrected chi connectivity index (χ0v) is 7.77. The van der Waals surface area contributed by atoms with Crippen molar-refractivity contribution in [1.82, 2.24) is 0 Å². The Balaban J connectivity index is 3.72. The summed E-state index contributed by atoms with van der Waals surface area (Å²) in [6, 6.07) is 0. The van der Waals surface area contributed by atoms with Crippen molar-refractivity contribution in [3.63, 3.8) is 0 Å². The Morgan fingerprint density at radius 2 is 2.14 bits per heavy atom. The molecule has 0 N–H and O–H groups in total. The minimum atomic E-state index is 0.794. The van der Waals surface area contributed by atoms with Gasteiger partial charge in [0.2, 0.25) is 0 Å². The molecular formula is C4H5Br2Cl. The standard InChI is InChI=1S/C4H5Br2Cl/c1-3(7)4(6)2-5/h2H2,1H3. The summed E-state index contributed by atoms with van der Waals surface area (Å²) in [5.74, 6) is 0. The number of alkyl halides is 1. The van der Waals surface area contributed by atoms with Gasteiger partial charge in [-0.05, 0) is 6.92 Å². The zero-order valence-electron chi connectivity index (χ0n) is 3.84. The summed E-state index contributed by atoms with van der Waals surface area (Å²) >= 11 is 12.0. The molecule has 0 fully saturated rings. The molecule has 0 rings (SSSR count). The number of rotatable bonds is 1. The van der Waals surface area contributed by atoms with E-state index in [1.165, 1.54) is 0 Å². The van der Waals surface area contributed by atoms with Gasteiger partial charge in [-0.3, -0.25) is 0 Å². The second kappa shape index (κ2) is 3.93. The molecule has 0 radical (unpaired) electrons. The van der Waals surface area contributed by atoms with Crippen LogP contribution in [0.25, 0.3) is 0 Å². The molecular weight excluding hydrogens is 243 g/mol. The van der Waals surface area contributed by atoms with Gasteiger partial charge in [0.25, 0.3) is 0 Å². The average molecular weight is 248 g/mol. The largest absolute Gasteiger partial charge is 0.0886 e. The quantitative estimate of drug-likeness (QED) is 0.625. The van der Waals surface area contributed by atoms with E-state index in [2.05, 4.69) is 31.9 Å². The first-order chi connectivity index (χ1) is 3.18. The van der Waals surface area contributed by atoms with Gasteiger partial charge in [-0.1, -0.05) is 43.5 Å². The highest BCUT2D eigenvalue weighted by Crippen LogP contribution is 2.16. The van der Waals surface area contributed by atoms with Gasteiger partial charge in [0.15, 0.2) is 0 Å². The molecule has 3 heteroatoms. The predicted octanol–water partition coefficient (Wildman–Crippen LogP) is 3.25. The van der Waals surface area contributed by atoms with Crippen LogP contribution in [0, 0.1) is 0 Å². The third-order valence-corrected chi connectivity index (χ3v) is 3.14. The van der Waals surface area contributed by atoms with Gasteiger partial charge in [0.05, 0.1) is 0 Å². The highest BCUT2D eigenvalue weighted by molar-refractivity contribution is 9.13. The van der Waals surface area contributed by atoms with Crippen LogP contribution in [0.1, 0.15) is 6.92 Å². The van der Waals surface area contributed by atoms with Crippen LogP contribution in [0.5, 0.6) is 0 Å². The fourth-order valence-corrected chi connectivity index (χ4v) is 0.741. The Morgan fingerprint density at radius 1 is 1.71 bits per heavy atom. The van der Waals surface area contributed by atoms with Crippen molar-refractivity contribution in [1.29, 1.82) is 0 Å². The summed E-state index contributed by atoms with van der Waals surface area (Å²) in [5, 5.41) is 1.60. The van der Waals surface area contributed by atoms with Crippen LogP contribution in [-0.4, -0.2) is 5.33 Å². The summed E-state index contributed by atoms with van der Waals surface area (Å²) in [6.07, 6.45) is 0. The van der Waals surface area contributed by atoms with Crippen molar-refractivity contribution in [2.45, 2.75) is 6.92 Å². The highest BCUT2D eigenvalue weighted by atomic mass is 79.9. The van der Waals surface area contributed by atoms with Crippen molar-refractivity contribution in [3.8, 4) is 0 Å². The molecule has 0 saturated heterocycles. The molecule has 0 nitrogen and oxygen atoms in total. The predicted molar refractivity (Wildman–Crippen MR) is 41.3 cm³/mol. The van der Waals surface area contributed by atoms with E-state index in [4.69, 9.17) is 11.6 Å². The van der Waals surface area contributed by atoms with Crippen LogP contribution >= 0.6 is 43.5 Å². The molecule has 0 bridgehead atoms. The minimum absolute atomic E-state index is 0.794. The van der Waals surface area contributed by atoms with E-state index in [-0.39, 0.29) is 0 Å². The van der Waals surface area contributed by atoms with Gasteiger partial charge in [-0.15, -0.1) is 0 Å². The van der Waals surface area contributed by atoms with Crippen LogP contribution < -0.4 is 0 Å². The lowest BCUT2D eigenvalue weighted by atomic mass is 10.6. The number of allylic oxidation sites excluding steroid dienone is 2. The van der Waals surface area contributed by atoms with Gasteiger partial charge in [-0.25, -0.2) is 0 Å². The fourth-order valence-electron chi connectivity index (χ4n) is 0.0921. The first-order valence-corrected chi connectivity index (χ1v) is 4.04. The summed E-state index contributed by atoms with van der Waals surface area (Å²) in [6.45, 7) is 1.84. The van der Waals surface area contributed by atoms with E-state index in [9.17, 15) is 0 Å². The van der Waals surface area contributed by atoms with Crippen molar-refractivity contribution in [3.05, 3.63) is 9.51 Å². The Bertz CT molecular complexity index is 83.7. The molecule has 0 amide bonds. The smallest absolute Gasteiger partial charge is 0.0360 e. The van der Waals surface area contributed by atoms with Gasteiger partial charge in [0.1, 0.15) is 0 Å². The number of hydrogen-bond acceptors (Lipinski definition) is 0. The van der Waals surface area contributed by atoms with E-state index < -0.39 is 0 Å². The van der Waals surface area contributed by atoms with Crippen LogP contribution in [0.15, 0.2) is 9.51 Å². The first-order valence-electron chi connectivity index (χ1n) is 1.75. The Morgan fingerprint density at radius 3 is 2.14 bits per heavy atom. The summed E-state index contributed by atoms with van der Waals surface area (Å²) in [5.41, 5.74) is 0. The monoisotopic (exact) mass is 246 g/mol. The first kappa shape index (κ1) is 7.99. The normalized spacial score (nSPS) is 13.7. The molecule has 0 aliphatic heterocycles. The van der Waals surface area contributed by atoms with Crippen molar-refractivity contribution < 1.29 is 0 Å². The molecule has 0 heterocycles. The Hall–Kier alpha value is 0.990. The molecule has 0 aliphatic rings. The zero-order chi connectivity index (χ0) is 5.86. The molecule has 0 aliphatic carbocycles. The van der Waals surface area contributed by atoms with E-state index >= 15 is 0 Å². The number of hydrogen-bond donors (Lipinski definition) is 0. The molecule has 0 unspecified atom stereocenters. The molecule has 0 spiro atoms. The van der Waals surface area contributed by atoms with E-state index in [1.54, 1.807) is 0 Å².